The third-order valence-electron chi connectivity index (χ3n) is 3.76. The third kappa shape index (κ3) is 2.71. The van der Waals surface area contributed by atoms with Gasteiger partial charge < -0.3 is 5.11 Å². The van der Waals surface area contributed by atoms with E-state index >= 15 is 0 Å². The molecule has 1 heterocycles. The number of benzene rings is 2. The highest BCUT2D eigenvalue weighted by atomic mass is 35.5. The van der Waals surface area contributed by atoms with Crippen molar-refractivity contribution in [2.24, 2.45) is 0 Å². The molecular formula is C17H12ClNO4. The van der Waals surface area contributed by atoms with Crippen molar-refractivity contribution in [3.05, 3.63) is 70.2 Å². The summed E-state index contributed by atoms with van der Waals surface area (Å²) in [5, 5.41) is 10.0. The molecule has 0 bridgehead atoms. The lowest BCUT2D eigenvalue weighted by Gasteiger charge is -2.22. The van der Waals surface area contributed by atoms with Crippen molar-refractivity contribution in [2.45, 2.75) is 12.5 Å². The van der Waals surface area contributed by atoms with E-state index in [9.17, 15) is 19.5 Å². The number of halogens is 1. The fourth-order valence-electron chi connectivity index (χ4n) is 2.62. The summed E-state index contributed by atoms with van der Waals surface area (Å²) in [5.41, 5.74) is 1.15. The molecule has 0 radical (unpaired) electrons. The molecule has 3 rings (SSSR count). The summed E-state index contributed by atoms with van der Waals surface area (Å²) in [4.78, 5) is 37.3. The van der Waals surface area contributed by atoms with E-state index < -0.39 is 23.8 Å². The second-order valence-electron chi connectivity index (χ2n) is 5.21. The first-order chi connectivity index (χ1) is 11.0. The summed E-state index contributed by atoms with van der Waals surface area (Å²) in [6.07, 6.45) is 0.0258. The zero-order valence-corrected chi connectivity index (χ0v) is 12.7. The van der Waals surface area contributed by atoms with Crippen LogP contribution in [0, 0.1) is 0 Å². The maximum atomic E-state index is 12.4. The molecule has 1 N–H and O–H groups in total. The van der Waals surface area contributed by atoms with Gasteiger partial charge in [0.15, 0.2) is 0 Å². The van der Waals surface area contributed by atoms with E-state index in [1.807, 2.05) is 0 Å². The highest BCUT2D eigenvalue weighted by Crippen LogP contribution is 2.26. The van der Waals surface area contributed by atoms with Gasteiger partial charge in [-0.3, -0.25) is 14.5 Å². The molecule has 0 saturated heterocycles. The molecule has 5 nitrogen and oxygen atoms in total. The number of hydrogen-bond donors (Lipinski definition) is 1. The molecule has 23 heavy (non-hydrogen) atoms. The van der Waals surface area contributed by atoms with E-state index in [0.717, 1.165) is 4.90 Å². The highest BCUT2D eigenvalue weighted by Gasteiger charge is 2.42. The van der Waals surface area contributed by atoms with Crippen LogP contribution in [0.15, 0.2) is 48.5 Å². The summed E-state index contributed by atoms with van der Waals surface area (Å²) in [5.74, 6) is -2.38. The van der Waals surface area contributed by atoms with E-state index in [-0.39, 0.29) is 17.5 Å². The third-order valence-corrected chi connectivity index (χ3v) is 4.02. The van der Waals surface area contributed by atoms with Gasteiger partial charge in [-0.2, -0.15) is 0 Å². The highest BCUT2D eigenvalue weighted by molar-refractivity contribution is 6.30. The van der Waals surface area contributed by atoms with E-state index in [4.69, 9.17) is 11.6 Å². The van der Waals surface area contributed by atoms with Crippen molar-refractivity contribution < 1.29 is 19.5 Å². The molecule has 0 aromatic heterocycles. The van der Waals surface area contributed by atoms with Gasteiger partial charge in [0.1, 0.15) is 6.04 Å². The van der Waals surface area contributed by atoms with E-state index in [1.165, 1.54) is 12.1 Å². The van der Waals surface area contributed by atoms with Crippen LogP contribution in [0.2, 0.25) is 5.02 Å². The van der Waals surface area contributed by atoms with Gasteiger partial charge >= 0.3 is 5.97 Å². The number of amides is 2. The number of hydrogen-bond acceptors (Lipinski definition) is 3. The van der Waals surface area contributed by atoms with Gasteiger partial charge in [-0.15, -0.1) is 0 Å². The molecule has 0 saturated carbocycles. The summed E-state index contributed by atoms with van der Waals surface area (Å²) in [6, 6.07) is 11.7. The first-order valence-electron chi connectivity index (χ1n) is 6.93. The van der Waals surface area contributed by atoms with Gasteiger partial charge in [0, 0.05) is 11.4 Å². The number of fused-ring (bicyclic) bond motifs is 1. The second kappa shape index (κ2) is 5.85. The molecule has 1 aliphatic heterocycles. The predicted octanol–water partition coefficient (Wildman–Crippen LogP) is 2.63. The van der Waals surface area contributed by atoms with Crippen LogP contribution in [-0.2, 0) is 11.2 Å². The van der Waals surface area contributed by atoms with Crippen molar-refractivity contribution in [3.8, 4) is 0 Å². The zero-order valence-electron chi connectivity index (χ0n) is 11.9. The Morgan fingerprint density at radius 1 is 1.00 bits per heavy atom. The minimum Gasteiger partial charge on any atom is -0.480 e. The van der Waals surface area contributed by atoms with E-state index in [2.05, 4.69) is 0 Å². The Balaban J connectivity index is 1.94. The van der Waals surface area contributed by atoms with Gasteiger partial charge in [-0.1, -0.05) is 35.9 Å². The first-order valence-corrected chi connectivity index (χ1v) is 7.31. The molecule has 1 aliphatic rings. The Kier molecular flexibility index (Phi) is 3.88. The maximum absolute atomic E-state index is 12.4. The lowest BCUT2D eigenvalue weighted by atomic mass is 10.0. The number of carbonyl (C=O) groups is 3. The Bertz CT molecular complexity index is 765. The lowest BCUT2D eigenvalue weighted by Crippen LogP contribution is -2.46. The van der Waals surface area contributed by atoms with Crippen LogP contribution in [0.25, 0.3) is 0 Å². The van der Waals surface area contributed by atoms with Crippen molar-refractivity contribution in [1.29, 1.82) is 0 Å². The van der Waals surface area contributed by atoms with Crippen LogP contribution in [0.3, 0.4) is 0 Å². The van der Waals surface area contributed by atoms with Crippen molar-refractivity contribution in [2.75, 3.05) is 0 Å². The first kappa shape index (κ1) is 15.2. The van der Waals surface area contributed by atoms with Gasteiger partial charge in [-0.25, -0.2) is 4.79 Å². The second-order valence-corrected chi connectivity index (χ2v) is 5.65. The molecular weight excluding hydrogens is 318 g/mol. The lowest BCUT2D eigenvalue weighted by molar-refractivity contribution is -0.141. The number of aliphatic carboxylic acids is 1. The monoisotopic (exact) mass is 329 g/mol. The molecule has 1 unspecified atom stereocenters. The SMILES string of the molecule is O=C(O)C(Cc1ccc(Cl)cc1)N1C(=O)c2ccccc2C1=O. The van der Waals surface area contributed by atoms with Gasteiger partial charge in [0.25, 0.3) is 11.8 Å². The molecule has 2 aromatic carbocycles. The average Bonchev–Trinajstić information content (AvgIpc) is 2.79. The Labute approximate surface area is 137 Å². The van der Waals surface area contributed by atoms with Crippen LogP contribution in [-0.4, -0.2) is 33.8 Å². The van der Waals surface area contributed by atoms with E-state index in [1.54, 1.807) is 36.4 Å². The van der Waals surface area contributed by atoms with Crippen LogP contribution in [0.1, 0.15) is 26.3 Å². The Hall–Kier alpha value is -2.66. The Morgan fingerprint density at radius 2 is 1.52 bits per heavy atom. The molecule has 2 amide bonds. The van der Waals surface area contributed by atoms with Crippen molar-refractivity contribution >= 4 is 29.4 Å². The molecule has 0 spiro atoms. The summed E-state index contributed by atoms with van der Waals surface area (Å²) in [7, 11) is 0. The largest absolute Gasteiger partial charge is 0.480 e. The van der Waals surface area contributed by atoms with Gasteiger partial charge in [-0.05, 0) is 29.8 Å². The van der Waals surface area contributed by atoms with Crippen LogP contribution in [0.4, 0.5) is 0 Å². The predicted molar refractivity (Wildman–Crippen MR) is 83.5 cm³/mol. The number of carbonyl (C=O) groups excluding carboxylic acids is 2. The van der Waals surface area contributed by atoms with Crippen LogP contribution >= 0.6 is 11.6 Å². The molecule has 116 valence electrons. The summed E-state index contributed by atoms with van der Waals surface area (Å²) in [6.45, 7) is 0. The quantitative estimate of drug-likeness (QED) is 0.875. The number of imide groups is 1. The molecule has 6 heteroatoms. The van der Waals surface area contributed by atoms with Gasteiger partial charge in [0.05, 0.1) is 11.1 Å². The minimum absolute atomic E-state index is 0.0258. The standard InChI is InChI=1S/C17H12ClNO4/c18-11-7-5-10(6-8-11)9-14(17(22)23)19-15(20)12-3-1-2-4-13(12)16(19)21/h1-8,14H,9H2,(H,22,23). The smallest absolute Gasteiger partial charge is 0.327 e. The number of nitrogens with zero attached hydrogens (tertiary/aromatic N) is 1. The maximum Gasteiger partial charge on any atom is 0.327 e. The molecule has 1 atom stereocenters. The number of carboxylic acids is 1. The van der Waals surface area contributed by atoms with Gasteiger partial charge in [0.2, 0.25) is 0 Å². The van der Waals surface area contributed by atoms with Crippen molar-refractivity contribution in [1.82, 2.24) is 4.90 Å². The molecule has 0 aliphatic carbocycles. The normalized spacial score (nSPS) is 14.7. The molecule has 2 aromatic rings. The fourth-order valence-corrected chi connectivity index (χ4v) is 2.75. The minimum atomic E-state index is -1.26. The average molecular weight is 330 g/mol. The zero-order chi connectivity index (χ0) is 16.6. The summed E-state index contributed by atoms with van der Waals surface area (Å²) >= 11 is 5.81. The van der Waals surface area contributed by atoms with Crippen LogP contribution in [0.5, 0.6) is 0 Å². The topological polar surface area (TPSA) is 74.7 Å². The Morgan fingerprint density at radius 3 is 2.00 bits per heavy atom. The summed E-state index contributed by atoms with van der Waals surface area (Å²) < 4.78 is 0. The van der Waals surface area contributed by atoms with Crippen LogP contribution < -0.4 is 0 Å². The number of carboxylic acid groups (broad SMARTS) is 1. The van der Waals surface area contributed by atoms with Crippen molar-refractivity contribution in [3.63, 3.8) is 0 Å². The fraction of sp³-hybridized carbons (Fsp3) is 0.118. The van der Waals surface area contributed by atoms with E-state index in [0.29, 0.717) is 10.6 Å². The molecule has 0 fully saturated rings. The number of rotatable bonds is 4.